The lowest BCUT2D eigenvalue weighted by molar-refractivity contribution is -0.143. The lowest BCUT2D eigenvalue weighted by Gasteiger charge is -2.33. The number of carbonyl (C=O) groups is 1. The minimum atomic E-state index is -5.00. The Morgan fingerprint density at radius 1 is 0.923 bits per heavy atom. The fourth-order valence-corrected chi connectivity index (χ4v) is 4.48. The Balaban J connectivity index is 1.95. The second kappa shape index (κ2) is 10.8. The summed E-state index contributed by atoms with van der Waals surface area (Å²) in [5.74, 6) is -0.344. The molecule has 0 radical (unpaired) electrons. The summed E-state index contributed by atoms with van der Waals surface area (Å²) in [7, 11) is 3.34. The summed E-state index contributed by atoms with van der Waals surface area (Å²) in [6.07, 6.45) is -10.4. The average Bonchev–Trinajstić information content (AvgIpc) is 2.87. The Bertz CT molecular complexity index is 1330. The molecular formula is C27H27F6N5O. The van der Waals surface area contributed by atoms with E-state index in [4.69, 9.17) is 4.98 Å². The summed E-state index contributed by atoms with van der Waals surface area (Å²) in [6.45, 7) is 4.35. The molecule has 4 rings (SSSR count). The predicted octanol–water partition coefficient (Wildman–Crippen LogP) is 5.19. The van der Waals surface area contributed by atoms with Crippen molar-refractivity contribution < 1.29 is 31.1 Å². The van der Waals surface area contributed by atoms with Crippen LogP contribution in [0.1, 0.15) is 38.3 Å². The molecule has 0 saturated carbocycles. The fourth-order valence-electron chi connectivity index (χ4n) is 4.48. The van der Waals surface area contributed by atoms with Gasteiger partial charge < -0.3 is 15.1 Å². The van der Waals surface area contributed by atoms with Crippen LogP contribution in [-0.2, 0) is 18.8 Å². The van der Waals surface area contributed by atoms with Crippen LogP contribution in [0, 0.1) is 6.92 Å². The van der Waals surface area contributed by atoms with Crippen molar-refractivity contribution in [2.45, 2.75) is 25.7 Å². The highest BCUT2D eigenvalue weighted by Gasteiger charge is 2.37. The molecule has 208 valence electrons. The summed E-state index contributed by atoms with van der Waals surface area (Å²) in [5.41, 5.74) is -1.46. The quantitative estimate of drug-likeness (QED) is 0.443. The van der Waals surface area contributed by atoms with Crippen molar-refractivity contribution in [1.82, 2.24) is 20.2 Å². The average molecular weight is 552 g/mol. The van der Waals surface area contributed by atoms with Gasteiger partial charge in [-0.1, -0.05) is 24.3 Å². The van der Waals surface area contributed by atoms with Gasteiger partial charge in [0.05, 0.1) is 28.1 Å². The van der Waals surface area contributed by atoms with Gasteiger partial charge in [-0.15, -0.1) is 0 Å². The van der Waals surface area contributed by atoms with Gasteiger partial charge in [0.1, 0.15) is 0 Å². The largest absolute Gasteiger partial charge is 0.416 e. The fraction of sp³-hybridized carbons (Fsp3) is 0.370. The Morgan fingerprint density at radius 3 is 2.05 bits per heavy atom. The number of nitrogens with zero attached hydrogens (tertiary/aromatic N) is 4. The molecule has 1 amide bonds. The number of piperazine rings is 1. The number of hydrogen-bond acceptors (Lipinski definition) is 5. The van der Waals surface area contributed by atoms with Crippen molar-refractivity contribution in [3.63, 3.8) is 0 Å². The van der Waals surface area contributed by atoms with Crippen LogP contribution >= 0.6 is 0 Å². The van der Waals surface area contributed by atoms with Gasteiger partial charge in [0, 0.05) is 45.2 Å². The van der Waals surface area contributed by atoms with Crippen molar-refractivity contribution in [2.75, 3.05) is 45.2 Å². The standard InChI is InChI=1S/C27H27F6N5O/c1-16-6-4-5-7-20(16)23-22(24(39)34-2)21(35-25(36-23)38-10-8-37(3)9-11-38)14-17-12-18(26(28,29)30)15-19(13-17)27(31,32)33/h4-7,12-13,15H,8-11,14H2,1-3H3,(H,34,39). The molecule has 0 bridgehead atoms. The molecule has 2 heterocycles. The third-order valence-corrected chi connectivity index (χ3v) is 6.63. The molecule has 1 fully saturated rings. The number of aromatic nitrogens is 2. The molecule has 0 unspecified atom stereocenters. The number of likely N-dealkylation sites (N-methyl/N-ethyl adjacent to an activating group) is 1. The summed E-state index contributed by atoms with van der Waals surface area (Å²) in [5, 5.41) is 2.51. The lowest BCUT2D eigenvalue weighted by Crippen LogP contribution is -2.45. The maximum Gasteiger partial charge on any atom is 0.416 e. The second-order valence-corrected chi connectivity index (χ2v) is 9.47. The first-order valence-corrected chi connectivity index (χ1v) is 12.2. The van der Waals surface area contributed by atoms with Gasteiger partial charge in [0.25, 0.3) is 5.91 Å². The monoisotopic (exact) mass is 551 g/mol. The summed E-state index contributed by atoms with van der Waals surface area (Å²) in [6, 6.07) is 8.55. The zero-order valence-electron chi connectivity index (χ0n) is 21.5. The third kappa shape index (κ3) is 6.32. The van der Waals surface area contributed by atoms with Crippen LogP contribution in [0.25, 0.3) is 11.3 Å². The van der Waals surface area contributed by atoms with E-state index in [-0.39, 0.29) is 34.5 Å². The molecule has 1 aromatic heterocycles. The van der Waals surface area contributed by atoms with Crippen molar-refractivity contribution in [3.05, 3.63) is 76.0 Å². The number of benzene rings is 2. The Morgan fingerprint density at radius 2 is 1.51 bits per heavy atom. The number of hydrogen-bond donors (Lipinski definition) is 1. The number of anilines is 1. The first-order chi connectivity index (χ1) is 18.3. The number of aryl methyl sites for hydroxylation is 1. The highest BCUT2D eigenvalue weighted by atomic mass is 19.4. The van der Waals surface area contributed by atoms with Crippen molar-refractivity contribution >= 4 is 11.9 Å². The van der Waals surface area contributed by atoms with Gasteiger partial charge in [-0.2, -0.15) is 26.3 Å². The molecule has 1 aliphatic rings. The van der Waals surface area contributed by atoms with E-state index in [2.05, 4.69) is 15.2 Å². The van der Waals surface area contributed by atoms with Gasteiger partial charge in [-0.05, 0) is 43.3 Å². The number of nitrogens with one attached hydrogen (secondary N) is 1. The normalized spacial score (nSPS) is 14.9. The molecule has 6 nitrogen and oxygen atoms in total. The van der Waals surface area contributed by atoms with Crippen molar-refractivity contribution in [3.8, 4) is 11.3 Å². The van der Waals surface area contributed by atoms with Crippen molar-refractivity contribution in [2.24, 2.45) is 0 Å². The Kier molecular flexibility index (Phi) is 7.87. The smallest absolute Gasteiger partial charge is 0.355 e. The topological polar surface area (TPSA) is 61.4 Å². The second-order valence-electron chi connectivity index (χ2n) is 9.47. The highest BCUT2D eigenvalue weighted by Crippen LogP contribution is 2.37. The van der Waals surface area contributed by atoms with Crippen molar-refractivity contribution in [1.29, 1.82) is 0 Å². The minimum absolute atomic E-state index is 0.00403. The van der Waals surface area contributed by atoms with Crippen LogP contribution in [0.3, 0.4) is 0 Å². The molecule has 1 aliphatic heterocycles. The SMILES string of the molecule is CNC(=O)c1c(Cc2cc(C(F)(F)F)cc(C(F)(F)F)c2)nc(N2CCN(C)CC2)nc1-c1ccccc1C. The first kappa shape index (κ1) is 28.3. The van der Waals surface area contributed by atoms with E-state index in [1.807, 2.05) is 31.0 Å². The van der Waals surface area contributed by atoms with E-state index in [0.717, 1.165) is 5.56 Å². The van der Waals surface area contributed by atoms with Gasteiger partial charge in [0.15, 0.2) is 0 Å². The van der Waals surface area contributed by atoms with E-state index in [1.54, 1.807) is 12.1 Å². The number of halogens is 6. The molecule has 0 aliphatic carbocycles. The molecule has 39 heavy (non-hydrogen) atoms. The van der Waals surface area contributed by atoms with Crippen LogP contribution < -0.4 is 10.2 Å². The predicted molar refractivity (Wildman–Crippen MR) is 135 cm³/mol. The maximum absolute atomic E-state index is 13.5. The summed E-state index contributed by atoms with van der Waals surface area (Å²) >= 11 is 0. The van der Waals surface area contributed by atoms with Crippen LogP contribution in [0.5, 0.6) is 0 Å². The van der Waals surface area contributed by atoms with E-state index < -0.39 is 35.8 Å². The van der Waals surface area contributed by atoms with Crippen LogP contribution in [0.4, 0.5) is 32.3 Å². The van der Waals surface area contributed by atoms with Crippen LogP contribution in [0.2, 0.25) is 0 Å². The van der Waals surface area contributed by atoms with Gasteiger partial charge in [0.2, 0.25) is 5.95 Å². The number of amides is 1. The van der Waals surface area contributed by atoms with Gasteiger partial charge >= 0.3 is 12.4 Å². The molecule has 1 N–H and O–H groups in total. The highest BCUT2D eigenvalue weighted by molar-refractivity contribution is 6.01. The molecule has 1 saturated heterocycles. The zero-order chi connectivity index (χ0) is 28.5. The Labute approximate surface area is 221 Å². The van der Waals surface area contributed by atoms with E-state index >= 15 is 0 Å². The number of carbonyl (C=O) groups excluding carboxylic acids is 1. The van der Waals surface area contributed by atoms with E-state index in [0.29, 0.717) is 43.9 Å². The van der Waals surface area contributed by atoms with Gasteiger partial charge in [-0.25, -0.2) is 9.97 Å². The molecule has 2 aromatic carbocycles. The van der Waals surface area contributed by atoms with E-state index in [1.165, 1.54) is 7.05 Å². The summed E-state index contributed by atoms with van der Waals surface area (Å²) < 4.78 is 81.2. The van der Waals surface area contributed by atoms with Crippen LogP contribution in [0.15, 0.2) is 42.5 Å². The number of alkyl halides is 6. The molecular weight excluding hydrogens is 524 g/mol. The maximum atomic E-state index is 13.5. The minimum Gasteiger partial charge on any atom is -0.355 e. The molecule has 3 aromatic rings. The first-order valence-electron chi connectivity index (χ1n) is 12.2. The molecule has 0 atom stereocenters. The van der Waals surface area contributed by atoms with Crippen LogP contribution in [-0.4, -0.2) is 61.0 Å². The summed E-state index contributed by atoms with van der Waals surface area (Å²) in [4.78, 5) is 26.4. The lowest BCUT2D eigenvalue weighted by atomic mass is 9.95. The molecule has 12 heteroatoms. The molecule has 0 spiro atoms. The number of rotatable bonds is 5. The zero-order valence-corrected chi connectivity index (χ0v) is 21.5. The Hall–Kier alpha value is -3.67. The van der Waals surface area contributed by atoms with E-state index in [9.17, 15) is 31.1 Å². The van der Waals surface area contributed by atoms with Gasteiger partial charge in [-0.3, -0.25) is 4.79 Å². The third-order valence-electron chi connectivity index (χ3n) is 6.63.